The van der Waals surface area contributed by atoms with Crippen LogP contribution in [0.5, 0.6) is 0 Å². The highest BCUT2D eigenvalue weighted by Gasteiger charge is 2.30. The first-order valence-electron chi connectivity index (χ1n) is 4.60. The van der Waals surface area contributed by atoms with Crippen LogP contribution in [0.15, 0.2) is 29.4 Å². The first-order chi connectivity index (χ1) is 7.09. The first kappa shape index (κ1) is 9.67. The highest BCUT2D eigenvalue weighted by atomic mass is 16.2. The number of hydrazone groups is 1. The number of hydrogen-bond acceptors (Lipinski definition) is 4. The predicted molar refractivity (Wildman–Crippen MR) is 59.4 cm³/mol. The van der Waals surface area contributed by atoms with Crippen LogP contribution in [0.25, 0.3) is 0 Å². The maximum absolute atomic E-state index is 11.7. The van der Waals surface area contributed by atoms with Crippen LogP contribution < -0.4 is 16.5 Å². The molecule has 1 aliphatic heterocycles. The van der Waals surface area contributed by atoms with E-state index in [4.69, 9.17) is 11.5 Å². The average molecular weight is 204 g/mol. The van der Waals surface area contributed by atoms with Crippen LogP contribution in [0.2, 0.25) is 0 Å². The monoisotopic (exact) mass is 204 g/mol. The fourth-order valence-corrected chi connectivity index (χ4v) is 1.38. The minimum atomic E-state index is -0.623. The van der Waals surface area contributed by atoms with Crippen molar-refractivity contribution in [3.05, 3.63) is 24.3 Å². The van der Waals surface area contributed by atoms with Gasteiger partial charge in [0.05, 0.1) is 11.4 Å². The summed E-state index contributed by atoms with van der Waals surface area (Å²) in [7, 11) is 0. The molecule has 0 saturated heterocycles. The van der Waals surface area contributed by atoms with E-state index in [0.717, 1.165) is 0 Å². The van der Waals surface area contributed by atoms with Crippen molar-refractivity contribution in [2.45, 2.75) is 13.0 Å². The Balaban J connectivity index is 2.33. The Kier molecular flexibility index (Phi) is 2.17. The second kappa shape index (κ2) is 3.36. The zero-order valence-electron chi connectivity index (χ0n) is 8.34. The highest BCUT2D eigenvalue weighted by Crippen LogP contribution is 2.20. The third kappa shape index (κ3) is 1.57. The fourth-order valence-electron chi connectivity index (χ4n) is 1.38. The SMILES string of the molecule is CC1=NN(c2ccc(N)cc2)C(=O)C1N. The standard InChI is InChI=1S/C10H12N4O/c1-6-9(12)10(15)14(13-6)8-4-2-7(11)3-5-8/h2-5,9H,11-12H2,1H3. The van der Waals surface area contributed by atoms with Crippen LogP contribution in [-0.2, 0) is 4.79 Å². The first-order valence-corrected chi connectivity index (χ1v) is 4.60. The number of hydrogen-bond donors (Lipinski definition) is 2. The topological polar surface area (TPSA) is 84.7 Å². The molecule has 0 aliphatic carbocycles. The van der Waals surface area contributed by atoms with Crippen molar-refractivity contribution in [3.8, 4) is 0 Å². The molecule has 0 radical (unpaired) electrons. The van der Waals surface area contributed by atoms with Gasteiger partial charge in [0.15, 0.2) is 0 Å². The third-order valence-electron chi connectivity index (χ3n) is 2.32. The second-order valence-electron chi connectivity index (χ2n) is 3.46. The predicted octanol–water partition coefficient (Wildman–Crippen LogP) is 0.319. The molecular weight excluding hydrogens is 192 g/mol. The van der Waals surface area contributed by atoms with E-state index in [1.807, 2.05) is 0 Å². The van der Waals surface area contributed by atoms with E-state index in [-0.39, 0.29) is 5.91 Å². The second-order valence-corrected chi connectivity index (χ2v) is 3.46. The van der Waals surface area contributed by atoms with Crippen LogP contribution in [0.3, 0.4) is 0 Å². The number of rotatable bonds is 1. The number of nitrogens with zero attached hydrogens (tertiary/aromatic N) is 2. The molecule has 0 aromatic heterocycles. The number of nitrogen functional groups attached to an aromatic ring is 1. The van der Waals surface area contributed by atoms with Crippen LogP contribution >= 0.6 is 0 Å². The van der Waals surface area contributed by atoms with Crippen molar-refractivity contribution in [2.24, 2.45) is 10.8 Å². The Labute approximate surface area is 87.4 Å². The molecule has 1 unspecified atom stereocenters. The maximum atomic E-state index is 11.7. The van der Waals surface area contributed by atoms with Gasteiger partial charge in [-0.3, -0.25) is 4.79 Å². The summed E-state index contributed by atoms with van der Waals surface area (Å²) in [5, 5.41) is 5.39. The van der Waals surface area contributed by atoms with Crippen molar-refractivity contribution >= 4 is 23.0 Å². The summed E-state index contributed by atoms with van der Waals surface area (Å²) in [6, 6.07) is 6.29. The normalized spacial score (nSPS) is 20.7. The van der Waals surface area contributed by atoms with Crippen LogP contribution in [-0.4, -0.2) is 17.7 Å². The molecule has 5 heteroatoms. The molecule has 1 aromatic carbocycles. The molecule has 1 aliphatic rings. The van der Waals surface area contributed by atoms with E-state index in [0.29, 0.717) is 17.1 Å². The Hall–Kier alpha value is -1.88. The van der Waals surface area contributed by atoms with Crippen molar-refractivity contribution in [3.63, 3.8) is 0 Å². The van der Waals surface area contributed by atoms with E-state index < -0.39 is 6.04 Å². The fraction of sp³-hybridized carbons (Fsp3) is 0.200. The Morgan fingerprint density at radius 3 is 2.40 bits per heavy atom. The van der Waals surface area contributed by atoms with Crippen LogP contribution in [0, 0.1) is 0 Å². The number of anilines is 2. The van der Waals surface area contributed by atoms with Crippen molar-refractivity contribution in [2.75, 3.05) is 10.7 Å². The van der Waals surface area contributed by atoms with Gasteiger partial charge in [-0.05, 0) is 31.2 Å². The Bertz CT molecular complexity index is 424. The Morgan fingerprint density at radius 2 is 1.93 bits per heavy atom. The van der Waals surface area contributed by atoms with Crippen molar-refractivity contribution < 1.29 is 4.79 Å². The van der Waals surface area contributed by atoms with Gasteiger partial charge in [-0.1, -0.05) is 0 Å². The minimum Gasteiger partial charge on any atom is -0.399 e. The number of carbonyl (C=O) groups is 1. The zero-order chi connectivity index (χ0) is 11.0. The molecule has 15 heavy (non-hydrogen) atoms. The van der Waals surface area contributed by atoms with Gasteiger partial charge in [-0.25, -0.2) is 0 Å². The lowest BCUT2D eigenvalue weighted by Crippen LogP contribution is -2.38. The van der Waals surface area contributed by atoms with Gasteiger partial charge in [-0.15, -0.1) is 0 Å². The van der Waals surface area contributed by atoms with Gasteiger partial charge >= 0.3 is 0 Å². The third-order valence-corrected chi connectivity index (χ3v) is 2.32. The zero-order valence-corrected chi connectivity index (χ0v) is 8.34. The van der Waals surface area contributed by atoms with Crippen LogP contribution in [0.1, 0.15) is 6.92 Å². The van der Waals surface area contributed by atoms with Crippen molar-refractivity contribution in [1.82, 2.24) is 0 Å². The summed E-state index contributed by atoms with van der Waals surface area (Å²) in [5.41, 5.74) is 13.1. The summed E-state index contributed by atoms with van der Waals surface area (Å²) >= 11 is 0. The van der Waals surface area contributed by atoms with Crippen molar-refractivity contribution in [1.29, 1.82) is 0 Å². The molecule has 1 aromatic rings. The van der Waals surface area contributed by atoms with Crippen LogP contribution in [0.4, 0.5) is 11.4 Å². The van der Waals surface area contributed by atoms with Gasteiger partial charge in [-0.2, -0.15) is 10.1 Å². The summed E-state index contributed by atoms with van der Waals surface area (Å²) in [6.45, 7) is 1.74. The summed E-state index contributed by atoms with van der Waals surface area (Å²) in [6.07, 6.45) is 0. The molecule has 0 bridgehead atoms. The molecule has 1 atom stereocenters. The Morgan fingerprint density at radius 1 is 1.33 bits per heavy atom. The molecule has 0 spiro atoms. The largest absolute Gasteiger partial charge is 0.399 e. The van der Waals surface area contributed by atoms with Gasteiger partial charge in [0, 0.05) is 5.69 Å². The lowest BCUT2D eigenvalue weighted by molar-refractivity contribution is -0.117. The lowest BCUT2D eigenvalue weighted by Gasteiger charge is -2.12. The van der Waals surface area contributed by atoms with Gasteiger partial charge < -0.3 is 11.5 Å². The molecule has 0 saturated carbocycles. The number of benzene rings is 1. The molecule has 4 N–H and O–H groups in total. The molecule has 1 amide bonds. The smallest absolute Gasteiger partial charge is 0.270 e. The molecule has 0 fully saturated rings. The molecule has 78 valence electrons. The maximum Gasteiger partial charge on any atom is 0.270 e. The average Bonchev–Trinajstić information content (AvgIpc) is 2.47. The summed E-state index contributed by atoms with van der Waals surface area (Å²) in [5.74, 6) is -0.211. The quantitative estimate of drug-likeness (QED) is 0.646. The lowest BCUT2D eigenvalue weighted by atomic mass is 10.2. The van der Waals surface area contributed by atoms with Gasteiger partial charge in [0.25, 0.3) is 5.91 Å². The number of carbonyl (C=O) groups excluding carboxylic acids is 1. The molecule has 5 nitrogen and oxygen atoms in total. The van der Waals surface area contributed by atoms with Gasteiger partial charge in [0.2, 0.25) is 0 Å². The van der Waals surface area contributed by atoms with E-state index >= 15 is 0 Å². The molecular formula is C10H12N4O. The number of amides is 1. The molecule has 2 rings (SSSR count). The highest BCUT2D eigenvalue weighted by molar-refractivity contribution is 6.17. The minimum absolute atomic E-state index is 0.211. The summed E-state index contributed by atoms with van der Waals surface area (Å²) in [4.78, 5) is 11.7. The van der Waals surface area contributed by atoms with E-state index in [9.17, 15) is 4.79 Å². The molecule has 1 heterocycles. The van der Waals surface area contributed by atoms with Gasteiger partial charge in [0.1, 0.15) is 6.04 Å². The summed E-state index contributed by atoms with van der Waals surface area (Å²) < 4.78 is 0. The van der Waals surface area contributed by atoms with E-state index in [1.165, 1.54) is 5.01 Å². The van der Waals surface area contributed by atoms with E-state index in [1.54, 1.807) is 31.2 Å². The van der Waals surface area contributed by atoms with E-state index in [2.05, 4.69) is 5.10 Å². The number of nitrogens with two attached hydrogens (primary N) is 2.